The number of carbonyl (C=O) groups is 1. The van der Waals surface area contributed by atoms with Crippen molar-refractivity contribution in [1.29, 1.82) is 0 Å². The number of morpholine rings is 1. The molecule has 1 aliphatic rings. The Labute approximate surface area is 105 Å². The molecule has 0 aliphatic carbocycles. The summed E-state index contributed by atoms with van der Waals surface area (Å²) in [5.74, 6) is -0.814. The zero-order valence-electron chi connectivity index (χ0n) is 10.3. The molecular formula is C13H16FNO3. The molecule has 0 atom stereocenters. The summed E-state index contributed by atoms with van der Waals surface area (Å²) in [6.45, 7) is 2.90. The van der Waals surface area contributed by atoms with Gasteiger partial charge in [-0.15, -0.1) is 0 Å². The van der Waals surface area contributed by atoms with Gasteiger partial charge in [0.1, 0.15) is 5.82 Å². The van der Waals surface area contributed by atoms with Crippen molar-refractivity contribution in [3.8, 4) is 0 Å². The Balaban J connectivity index is 2.16. The summed E-state index contributed by atoms with van der Waals surface area (Å²) < 4.78 is 23.4. The molecular weight excluding hydrogens is 237 g/mol. The van der Waals surface area contributed by atoms with E-state index in [4.69, 9.17) is 4.74 Å². The quantitative estimate of drug-likeness (QED) is 0.763. The number of benzene rings is 1. The number of anilines is 1. The van der Waals surface area contributed by atoms with Crippen LogP contribution in [0.4, 0.5) is 10.1 Å². The van der Waals surface area contributed by atoms with Crippen LogP contribution in [0, 0.1) is 5.82 Å². The van der Waals surface area contributed by atoms with E-state index in [1.165, 1.54) is 13.2 Å². The normalized spacial score (nSPS) is 15.6. The number of rotatable bonds is 3. The second kappa shape index (κ2) is 5.82. The van der Waals surface area contributed by atoms with Crippen LogP contribution in [0.3, 0.4) is 0 Å². The number of methoxy groups -OCH3 is 1. The first-order chi connectivity index (χ1) is 8.70. The van der Waals surface area contributed by atoms with E-state index < -0.39 is 5.97 Å². The Kier molecular flexibility index (Phi) is 4.15. The van der Waals surface area contributed by atoms with Gasteiger partial charge in [-0.1, -0.05) is 0 Å². The van der Waals surface area contributed by atoms with Crippen LogP contribution < -0.4 is 4.90 Å². The summed E-state index contributed by atoms with van der Waals surface area (Å²) in [5.41, 5.74) is 1.28. The highest BCUT2D eigenvalue weighted by Crippen LogP contribution is 2.20. The van der Waals surface area contributed by atoms with Gasteiger partial charge in [-0.25, -0.2) is 4.39 Å². The van der Waals surface area contributed by atoms with Gasteiger partial charge in [0, 0.05) is 24.3 Å². The average Bonchev–Trinajstić information content (AvgIpc) is 2.42. The Morgan fingerprint density at radius 3 is 2.83 bits per heavy atom. The molecule has 0 N–H and O–H groups in total. The predicted octanol–water partition coefficient (Wildman–Crippen LogP) is 1.38. The Hall–Kier alpha value is -1.62. The molecule has 0 amide bonds. The molecule has 4 nitrogen and oxygen atoms in total. The van der Waals surface area contributed by atoms with Crippen molar-refractivity contribution in [3.63, 3.8) is 0 Å². The van der Waals surface area contributed by atoms with Crippen LogP contribution in [0.25, 0.3) is 0 Å². The number of ether oxygens (including phenoxy) is 2. The molecule has 1 aromatic rings. The first-order valence-electron chi connectivity index (χ1n) is 5.88. The lowest BCUT2D eigenvalue weighted by Gasteiger charge is -2.29. The molecule has 0 radical (unpaired) electrons. The van der Waals surface area contributed by atoms with Crippen LogP contribution in [0.1, 0.15) is 5.56 Å². The molecule has 1 aliphatic heterocycles. The van der Waals surface area contributed by atoms with Gasteiger partial charge in [-0.3, -0.25) is 4.79 Å². The van der Waals surface area contributed by atoms with Crippen molar-refractivity contribution in [2.24, 2.45) is 0 Å². The third-order valence-electron chi connectivity index (χ3n) is 2.97. The maximum atomic E-state index is 13.6. The van der Waals surface area contributed by atoms with Gasteiger partial charge in [0.05, 0.1) is 26.7 Å². The molecule has 2 rings (SSSR count). The van der Waals surface area contributed by atoms with Gasteiger partial charge in [0.2, 0.25) is 0 Å². The van der Waals surface area contributed by atoms with Crippen LogP contribution in [0.2, 0.25) is 0 Å². The molecule has 1 fully saturated rings. The van der Waals surface area contributed by atoms with Crippen LogP contribution in [0.15, 0.2) is 18.2 Å². The maximum Gasteiger partial charge on any atom is 0.310 e. The van der Waals surface area contributed by atoms with Crippen LogP contribution >= 0.6 is 0 Å². The topological polar surface area (TPSA) is 38.8 Å². The SMILES string of the molecule is COC(=O)Cc1cc(N2CCOCC2)ccc1F. The molecule has 0 aromatic heterocycles. The van der Waals surface area contributed by atoms with Gasteiger partial charge < -0.3 is 14.4 Å². The van der Waals surface area contributed by atoms with Gasteiger partial charge in [-0.2, -0.15) is 0 Å². The average molecular weight is 253 g/mol. The predicted molar refractivity (Wildman–Crippen MR) is 65.2 cm³/mol. The van der Waals surface area contributed by atoms with Gasteiger partial charge in [0.15, 0.2) is 0 Å². The zero-order chi connectivity index (χ0) is 13.0. The minimum Gasteiger partial charge on any atom is -0.469 e. The van der Waals surface area contributed by atoms with Crippen molar-refractivity contribution in [1.82, 2.24) is 0 Å². The van der Waals surface area contributed by atoms with Crippen molar-refractivity contribution in [2.75, 3.05) is 38.3 Å². The van der Waals surface area contributed by atoms with Gasteiger partial charge in [0.25, 0.3) is 0 Å². The Morgan fingerprint density at radius 2 is 2.17 bits per heavy atom. The van der Waals surface area contributed by atoms with E-state index in [9.17, 15) is 9.18 Å². The van der Waals surface area contributed by atoms with Crippen molar-refractivity contribution in [3.05, 3.63) is 29.6 Å². The van der Waals surface area contributed by atoms with Gasteiger partial charge >= 0.3 is 5.97 Å². The fraction of sp³-hybridized carbons (Fsp3) is 0.462. The fourth-order valence-corrected chi connectivity index (χ4v) is 1.94. The lowest BCUT2D eigenvalue weighted by Crippen LogP contribution is -2.36. The molecule has 0 unspecified atom stereocenters. The molecule has 5 heteroatoms. The Bertz CT molecular complexity index is 430. The second-order valence-electron chi connectivity index (χ2n) is 4.13. The van der Waals surface area contributed by atoms with E-state index in [2.05, 4.69) is 9.64 Å². The molecule has 1 aromatic carbocycles. The molecule has 0 saturated carbocycles. The van der Waals surface area contributed by atoms with Crippen molar-refractivity contribution in [2.45, 2.75) is 6.42 Å². The molecule has 18 heavy (non-hydrogen) atoms. The summed E-state index contributed by atoms with van der Waals surface area (Å²) in [6, 6.07) is 4.82. The molecule has 98 valence electrons. The summed E-state index contributed by atoms with van der Waals surface area (Å²) in [6.07, 6.45) is -0.0412. The monoisotopic (exact) mass is 253 g/mol. The zero-order valence-corrected chi connectivity index (χ0v) is 10.3. The number of halogens is 1. The van der Waals surface area contributed by atoms with Gasteiger partial charge in [-0.05, 0) is 18.2 Å². The van der Waals surface area contributed by atoms with E-state index in [1.54, 1.807) is 12.1 Å². The molecule has 0 spiro atoms. The maximum absolute atomic E-state index is 13.6. The summed E-state index contributed by atoms with van der Waals surface area (Å²) in [5, 5.41) is 0. The number of hydrogen-bond acceptors (Lipinski definition) is 4. The van der Waals surface area contributed by atoms with Crippen molar-refractivity contribution < 1.29 is 18.7 Å². The Morgan fingerprint density at radius 1 is 1.44 bits per heavy atom. The lowest BCUT2D eigenvalue weighted by atomic mass is 10.1. The summed E-state index contributed by atoms with van der Waals surface area (Å²) in [4.78, 5) is 13.3. The van der Waals surface area contributed by atoms with Crippen LogP contribution in [-0.4, -0.2) is 39.4 Å². The number of nitrogens with zero attached hydrogens (tertiary/aromatic N) is 1. The largest absolute Gasteiger partial charge is 0.469 e. The number of esters is 1. The highest BCUT2D eigenvalue weighted by molar-refractivity contribution is 5.73. The summed E-state index contributed by atoms with van der Waals surface area (Å²) in [7, 11) is 1.30. The van der Waals surface area contributed by atoms with E-state index in [-0.39, 0.29) is 12.2 Å². The molecule has 1 heterocycles. The third-order valence-corrected chi connectivity index (χ3v) is 2.97. The first-order valence-corrected chi connectivity index (χ1v) is 5.88. The first kappa shape index (κ1) is 12.8. The minimum atomic E-state index is -0.437. The summed E-state index contributed by atoms with van der Waals surface area (Å²) >= 11 is 0. The smallest absolute Gasteiger partial charge is 0.310 e. The number of carbonyl (C=O) groups excluding carboxylic acids is 1. The van der Waals surface area contributed by atoms with E-state index in [1.807, 2.05) is 0 Å². The van der Waals surface area contributed by atoms with Crippen molar-refractivity contribution >= 4 is 11.7 Å². The van der Waals surface area contributed by atoms with E-state index in [0.29, 0.717) is 18.8 Å². The molecule has 1 saturated heterocycles. The second-order valence-corrected chi connectivity index (χ2v) is 4.13. The standard InChI is InChI=1S/C13H16FNO3/c1-17-13(16)9-10-8-11(2-3-12(10)14)15-4-6-18-7-5-15/h2-3,8H,4-7,9H2,1H3. The lowest BCUT2D eigenvalue weighted by molar-refractivity contribution is -0.139. The van der Waals surface area contributed by atoms with Crippen LogP contribution in [-0.2, 0) is 20.7 Å². The highest BCUT2D eigenvalue weighted by atomic mass is 19.1. The number of hydrogen-bond donors (Lipinski definition) is 0. The van der Waals surface area contributed by atoms with E-state index in [0.717, 1.165) is 18.8 Å². The fourth-order valence-electron chi connectivity index (χ4n) is 1.94. The third kappa shape index (κ3) is 2.98. The van der Waals surface area contributed by atoms with Crippen LogP contribution in [0.5, 0.6) is 0 Å². The highest BCUT2D eigenvalue weighted by Gasteiger charge is 2.14. The molecule has 0 bridgehead atoms. The van der Waals surface area contributed by atoms with E-state index >= 15 is 0 Å². The minimum absolute atomic E-state index is 0.0412.